The van der Waals surface area contributed by atoms with Crippen LogP contribution in [0.5, 0.6) is 0 Å². The molecule has 0 bridgehead atoms. The number of aliphatic hydroxyl groups is 1. The van der Waals surface area contributed by atoms with Gasteiger partial charge in [0.15, 0.2) is 0 Å². The molecule has 0 radical (unpaired) electrons. The molecule has 3 nitrogen and oxygen atoms in total. The van der Waals surface area contributed by atoms with Crippen LogP contribution in [-0.4, -0.2) is 24.3 Å². The van der Waals surface area contributed by atoms with E-state index in [1.165, 1.54) is 12.1 Å². The summed E-state index contributed by atoms with van der Waals surface area (Å²) in [6.45, 7) is 0.978. The first-order valence-electron chi connectivity index (χ1n) is 5.61. The van der Waals surface area contributed by atoms with Gasteiger partial charge in [0.1, 0.15) is 5.82 Å². The molecule has 0 saturated heterocycles. The first-order valence-corrected chi connectivity index (χ1v) is 5.61. The first kappa shape index (κ1) is 11.4. The third-order valence-electron chi connectivity index (χ3n) is 2.84. The minimum atomic E-state index is -0.262. The number of hydrogen-bond acceptors (Lipinski definition) is 3. The van der Waals surface area contributed by atoms with Crippen molar-refractivity contribution in [2.75, 3.05) is 18.1 Å². The summed E-state index contributed by atoms with van der Waals surface area (Å²) in [6.07, 6.45) is 2.24. The Morgan fingerprint density at radius 3 is 2.69 bits per heavy atom. The molecule has 1 aliphatic rings. The van der Waals surface area contributed by atoms with Crippen LogP contribution in [0.25, 0.3) is 0 Å². The molecular weight excluding hydrogens is 207 g/mol. The molecule has 1 aromatic carbocycles. The molecule has 0 aromatic heterocycles. The fraction of sp³-hybridized carbons (Fsp3) is 0.500. The van der Waals surface area contributed by atoms with Crippen LogP contribution in [0.1, 0.15) is 18.4 Å². The van der Waals surface area contributed by atoms with Crippen LogP contribution in [-0.2, 0) is 6.54 Å². The van der Waals surface area contributed by atoms with Gasteiger partial charge in [0, 0.05) is 24.8 Å². The maximum absolute atomic E-state index is 13.4. The van der Waals surface area contributed by atoms with Gasteiger partial charge in [-0.2, -0.15) is 0 Å². The van der Waals surface area contributed by atoms with Crippen molar-refractivity contribution >= 4 is 5.69 Å². The Labute approximate surface area is 94.7 Å². The van der Waals surface area contributed by atoms with Gasteiger partial charge < -0.3 is 15.7 Å². The standard InChI is InChI=1S/C12H17FN2O/c13-10-5-9(8-14)6-12(7-10)15(3-4-16)11-1-2-11/h5-7,11,16H,1-4,8,14H2. The second kappa shape index (κ2) is 4.80. The van der Waals surface area contributed by atoms with Gasteiger partial charge in [0.25, 0.3) is 0 Å². The van der Waals surface area contributed by atoms with E-state index >= 15 is 0 Å². The summed E-state index contributed by atoms with van der Waals surface area (Å²) < 4.78 is 13.4. The Morgan fingerprint density at radius 1 is 1.38 bits per heavy atom. The molecular formula is C12H17FN2O. The van der Waals surface area contributed by atoms with Gasteiger partial charge in [0.2, 0.25) is 0 Å². The van der Waals surface area contributed by atoms with E-state index < -0.39 is 0 Å². The highest BCUT2D eigenvalue weighted by Gasteiger charge is 2.29. The zero-order chi connectivity index (χ0) is 11.5. The maximum Gasteiger partial charge on any atom is 0.125 e. The molecule has 88 valence electrons. The lowest BCUT2D eigenvalue weighted by Crippen LogP contribution is -2.29. The number of rotatable bonds is 5. The van der Waals surface area contributed by atoms with E-state index in [2.05, 4.69) is 4.90 Å². The average molecular weight is 224 g/mol. The number of nitrogens with two attached hydrogens (primary N) is 1. The van der Waals surface area contributed by atoms with Crippen LogP contribution < -0.4 is 10.6 Å². The summed E-state index contributed by atoms with van der Waals surface area (Å²) in [7, 11) is 0. The molecule has 1 aromatic rings. The predicted molar refractivity (Wildman–Crippen MR) is 61.7 cm³/mol. The average Bonchev–Trinajstić information content (AvgIpc) is 3.08. The highest BCUT2D eigenvalue weighted by Crippen LogP contribution is 2.32. The number of halogens is 1. The van der Waals surface area contributed by atoms with Crippen LogP contribution in [0.2, 0.25) is 0 Å². The van der Waals surface area contributed by atoms with Crippen LogP contribution in [0.3, 0.4) is 0 Å². The van der Waals surface area contributed by atoms with Gasteiger partial charge in [-0.25, -0.2) is 4.39 Å². The van der Waals surface area contributed by atoms with Crippen LogP contribution in [0.4, 0.5) is 10.1 Å². The largest absolute Gasteiger partial charge is 0.395 e. The molecule has 0 spiro atoms. The van der Waals surface area contributed by atoms with E-state index in [1.54, 1.807) is 0 Å². The van der Waals surface area contributed by atoms with Crippen molar-refractivity contribution in [3.8, 4) is 0 Å². The monoisotopic (exact) mass is 224 g/mol. The predicted octanol–water partition coefficient (Wildman–Crippen LogP) is 1.25. The molecule has 0 unspecified atom stereocenters. The van der Waals surface area contributed by atoms with Crippen molar-refractivity contribution in [1.29, 1.82) is 0 Å². The van der Waals surface area contributed by atoms with Crippen LogP contribution >= 0.6 is 0 Å². The summed E-state index contributed by atoms with van der Waals surface area (Å²) in [6, 6.07) is 5.32. The van der Waals surface area contributed by atoms with Crippen molar-refractivity contribution in [3.63, 3.8) is 0 Å². The van der Waals surface area contributed by atoms with Gasteiger partial charge in [-0.05, 0) is 36.6 Å². The van der Waals surface area contributed by atoms with E-state index in [4.69, 9.17) is 10.8 Å². The molecule has 16 heavy (non-hydrogen) atoms. The fourth-order valence-corrected chi connectivity index (χ4v) is 1.93. The number of hydrogen-bond donors (Lipinski definition) is 2. The number of benzene rings is 1. The third-order valence-corrected chi connectivity index (χ3v) is 2.84. The molecule has 0 aliphatic heterocycles. The Morgan fingerprint density at radius 2 is 2.12 bits per heavy atom. The Hall–Kier alpha value is -1.13. The molecule has 0 heterocycles. The number of aliphatic hydroxyl groups excluding tert-OH is 1. The van der Waals surface area contributed by atoms with Crippen LogP contribution in [0.15, 0.2) is 18.2 Å². The van der Waals surface area contributed by atoms with E-state index in [0.29, 0.717) is 19.1 Å². The van der Waals surface area contributed by atoms with Gasteiger partial charge in [-0.3, -0.25) is 0 Å². The van der Waals surface area contributed by atoms with Gasteiger partial charge in [-0.15, -0.1) is 0 Å². The fourth-order valence-electron chi connectivity index (χ4n) is 1.93. The molecule has 1 fully saturated rings. The smallest absolute Gasteiger partial charge is 0.125 e. The molecule has 0 atom stereocenters. The molecule has 0 amide bonds. The van der Waals surface area contributed by atoms with Gasteiger partial charge >= 0.3 is 0 Å². The highest BCUT2D eigenvalue weighted by molar-refractivity contribution is 5.51. The minimum absolute atomic E-state index is 0.0883. The SMILES string of the molecule is NCc1cc(F)cc(N(CCO)C2CC2)c1. The first-order chi connectivity index (χ1) is 7.74. The lowest BCUT2D eigenvalue weighted by molar-refractivity contribution is 0.301. The summed E-state index contributed by atoms with van der Waals surface area (Å²) in [4.78, 5) is 2.06. The van der Waals surface area contributed by atoms with Gasteiger partial charge in [-0.1, -0.05) is 0 Å². The lowest BCUT2D eigenvalue weighted by Gasteiger charge is -2.24. The topological polar surface area (TPSA) is 49.5 Å². The number of nitrogens with zero attached hydrogens (tertiary/aromatic N) is 1. The summed E-state index contributed by atoms with van der Waals surface area (Å²) in [5, 5.41) is 9.01. The van der Waals surface area contributed by atoms with E-state index in [1.807, 2.05) is 6.07 Å². The van der Waals surface area contributed by atoms with E-state index in [-0.39, 0.29) is 12.4 Å². The molecule has 4 heteroatoms. The second-order valence-corrected chi connectivity index (χ2v) is 4.17. The highest BCUT2D eigenvalue weighted by atomic mass is 19.1. The Bertz CT molecular complexity index is 366. The van der Waals surface area contributed by atoms with Gasteiger partial charge in [0.05, 0.1) is 6.61 Å². The van der Waals surface area contributed by atoms with Crippen molar-refractivity contribution in [2.24, 2.45) is 5.73 Å². The number of anilines is 1. The van der Waals surface area contributed by atoms with E-state index in [0.717, 1.165) is 24.1 Å². The molecule has 1 saturated carbocycles. The second-order valence-electron chi connectivity index (χ2n) is 4.17. The third kappa shape index (κ3) is 2.51. The van der Waals surface area contributed by atoms with E-state index in [9.17, 15) is 4.39 Å². The minimum Gasteiger partial charge on any atom is -0.395 e. The van der Waals surface area contributed by atoms with Crippen molar-refractivity contribution in [2.45, 2.75) is 25.4 Å². The van der Waals surface area contributed by atoms with Crippen molar-refractivity contribution in [1.82, 2.24) is 0 Å². The zero-order valence-electron chi connectivity index (χ0n) is 9.19. The maximum atomic E-state index is 13.4. The normalized spacial score (nSPS) is 15.2. The molecule has 1 aliphatic carbocycles. The summed E-state index contributed by atoms with van der Waals surface area (Å²) >= 11 is 0. The van der Waals surface area contributed by atoms with Crippen molar-refractivity contribution < 1.29 is 9.50 Å². The Kier molecular flexibility index (Phi) is 3.41. The lowest BCUT2D eigenvalue weighted by atomic mass is 10.1. The zero-order valence-corrected chi connectivity index (χ0v) is 9.19. The Balaban J connectivity index is 2.25. The van der Waals surface area contributed by atoms with Crippen molar-refractivity contribution in [3.05, 3.63) is 29.6 Å². The summed E-state index contributed by atoms with van der Waals surface area (Å²) in [5.41, 5.74) is 7.14. The molecule has 2 rings (SSSR count). The quantitative estimate of drug-likeness (QED) is 0.791. The molecule has 3 N–H and O–H groups in total. The van der Waals surface area contributed by atoms with Crippen LogP contribution in [0, 0.1) is 5.82 Å². The summed E-state index contributed by atoms with van der Waals surface area (Å²) in [5.74, 6) is -0.262.